The van der Waals surface area contributed by atoms with Crippen LogP contribution in [0.5, 0.6) is 0 Å². The lowest BCUT2D eigenvalue weighted by atomic mass is 9.93. The van der Waals surface area contributed by atoms with Crippen molar-refractivity contribution >= 4 is 5.91 Å². The zero-order valence-electron chi connectivity index (χ0n) is 15.2. The molecule has 0 spiro atoms. The number of carbonyl (C=O) groups excluding carboxylic acids is 1. The molecule has 1 saturated heterocycles. The van der Waals surface area contributed by atoms with Crippen LogP contribution in [-0.4, -0.2) is 47.1 Å². The van der Waals surface area contributed by atoms with E-state index < -0.39 is 0 Å². The molecule has 5 nitrogen and oxygen atoms in total. The molecule has 2 aromatic heterocycles. The number of pyridine rings is 2. The van der Waals surface area contributed by atoms with Gasteiger partial charge in [0.15, 0.2) is 0 Å². The Balaban J connectivity index is 1.49. The summed E-state index contributed by atoms with van der Waals surface area (Å²) in [5, 5.41) is 0. The fourth-order valence-electron chi connectivity index (χ4n) is 3.67. The molecule has 0 radical (unpaired) electrons. The van der Waals surface area contributed by atoms with E-state index in [2.05, 4.69) is 16.0 Å². The predicted molar refractivity (Wildman–Crippen MR) is 98.9 cm³/mol. The molecule has 5 heteroatoms. The highest BCUT2D eigenvalue weighted by atomic mass is 16.5. The van der Waals surface area contributed by atoms with Crippen LogP contribution in [0.4, 0.5) is 0 Å². The third-order valence-corrected chi connectivity index (χ3v) is 5.32. The second-order valence-electron chi connectivity index (χ2n) is 7.50. The molecule has 1 aliphatic heterocycles. The van der Waals surface area contributed by atoms with E-state index in [0.717, 1.165) is 23.9 Å². The summed E-state index contributed by atoms with van der Waals surface area (Å²) < 4.78 is 5.97. The van der Waals surface area contributed by atoms with Crippen LogP contribution in [-0.2, 0) is 4.74 Å². The number of ether oxygens (including phenoxy) is 1. The largest absolute Gasteiger partial charge is 0.381 e. The Bertz CT molecular complexity index is 761. The number of nitrogens with zero attached hydrogens (tertiary/aromatic N) is 3. The number of rotatable bonds is 6. The summed E-state index contributed by atoms with van der Waals surface area (Å²) in [4.78, 5) is 23.6. The van der Waals surface area contributed by atoms with Gasteiger partial charge in [0.2, 0.25) is 0 Å². The first-order valence-corrected chi connectivity index (χ1v) is 9.41. The molecule has 0 bridgehead atoms. The number of hydrogen-bond acceptors (Lipinski definition) is 4. The Hall–Kier alpha value is -2.27. The third-order valence-electron chi connectivity index (χ3n) is 5.32. The molecule has 1 amide bonds. The lowest BCUT2D eigenvalue weighted by Crippen LogP contribution is -2.29. The molecule has 2 fully saturated rings. The van der Waals surface area contributed by atoms with E-state index in [1.54, 1.807) is 12.3 Å². The number of aromatic nitrogens is 2. The number of carbonyl (C=O) groups is 1. The lowest BCUT2D eigenvalue weighted by molar-refractivity contribution is 0.0739. The maximum absolute atomic E-state index is 13.0. The van der Waals surface area contributed by atoms with Crippen LogP contribution in [0.25, 0.3) is 0 Å². The Kier molecular flexibility index (Phi) is 4.98. The van der Waals surface area contributed by atoms with Crippen molar-refractivity contribution < 1.29 is 9.53 Å². The molecule has 1 saturated carbocycles. The van der Waals surface area contributed by atoms with Crippen LogP contribution < -0.4 is 0 Å². The summed E-state index contributed by atoms with van der Waals surface area (Å²) >= 11 is 0. The van der Waals surface area contributed by atoms with Gasteiger partial charge in [0.25, 0.3) is 5.91 Å². The minimum atomic E-state index is 0.0705. The SMILES string of the molecule is Cc1cc(C(=O)N2C[C@@H](COCC3CC3)[C@H](c3ccccn3)C2)ccn1. The van der Waals surface area contributed by atoms with Crippen LogP contribution >= 0.6 is 0 Å². The Morgan fingerprint density at radius 1 is 1.15 bits per heavy atom. The Morgan fingerprint density at radius 3 is 2.77 bits per heavy atom. The smallest absolute Gasteiger partial charge is 0.254 e. The summed E-state index contributed by atoms with van der Waals surface area (Å²) in [6.45, 7) is 4.85. The molecule has 2 aliphatic rings. The molecule has 1 aliphatic carbocycles. The third kappa shape index (κ3) is 3.93. The van der Waals surface area contributed by atoms with Crippen LogP contribution in [0.15, 0.2) is 42.7 Å². The summed E-state index contributed by atoms with van der Waals surface area (Å²) in [6, 6.07) is 9.65. The highest BCUT2D eigenvalue weighted by Gasteiger charge is 2.37. The normalized spacial score (nSPS) is 22.6. The summed E-state index contributed by atoms with van der Waals surface area (Å²) in [5.41, 5.74) is 2.62. The molecule has 2 atom stereocenters. The first-order chi connectivity index (χ1) is 12.7. The van der Waals surface area contributed by atoms with E-state index in [1.165, 1.54) is 12.8 Å². The van der Waals surface area contributed by atoms with Crippen molar-refractivity contribution in [1.82, 2.24) is 14.9 Å². The van der Waals surface area contributed by atoms with Gasteiger partial charge in [-0.1, -0.05) is 6.07 Å². The van der Waals surface area contributed by atoms with Crippen molar-refractivity contribution in [2.24, 2.45) is 11.8 Å². The molecule has 3 heterocycles. The summed E-state index contributed by atoms with van der Waals surface area (Å²) in [6.07, 6.45) is 6.11. The number of amides is 1. The van der Waals surface area contributed by atoms with Crippen LogP contribution in [0, 0.1) is 18.8 Å². The maximum Gasteiger partial charge on any atom is 0.254 e. The van der Waals surface area contributed by atoms with E-state index in [0.29, 0.717) is 25.3 Å². The van der Waals surface area contributed by atoms with Gasteiger partial charge in [-0.3, -0.25) is 14.8 Å². The molecule has 0 aromatic carbocycles. The van der Waals surface area contributed by atoms with Gasteiger partial charge in [0.05, 0.1) is 6.61 Å². The van der Waals surface area contributed by atoms with Gasteiger partial charge < -0.3 is 9.64 Å². The number of aryl methyl sites for hydroxylation is 1. The number of hydrogen-bond donors (Lipinski definition) is 0. The van der Waals surface area contributed by atoms with Crippen molar-refractivity contribution in [2.45, 2.75) is 25.7 Å². The molecular formula is C21H25N3O2. The maximum atomic E-state index is 13.0. The van der Waals surface area contributed by atoms with Crippen LogP contribution in [0.3, 0.4) is 0 Å². The summed E-state index contributed by atoms with van der Waals surface area (Å²) in [7, 11) is 0. The van der Waals surface area contributed by atoms with E-state index in [1.807, 2.05) is 36.2 Å². The number of likely N-dealkylation sites (tertiary alicyclic amines) is 1. The molecule has 0 unspecified atom stereocenters. The zero-order chi connectivity index (χ0) is 17.9. The van der Waals surface area contributed by atoms with Gasteiger partial charge in [0.1, 0.15) is 0 Å². The minimum absolute atomic E-state index is 0.0705. The Morgan fingerprint density at radius 2 is 2.04 bits per heavy atom. The van der Waals surface area contributed by atoms with Crippen LogP contribution in [0.1, 0.15) is 40.5 Å². The van der Waals surface area contributed by atoms with Crippen molar-refractivity contribution in [3.8, 4) is 0 Å². The molecule has 0 N–H and O–H groups in total. The zero-order valence-corrected chi connectivity index (χ0v) is 15.2. The second kappa shape index (κ2) is 7.54. The molecule has 26 heavy (non-hydrogen) atoms. The molecule has 136 valence electrons. The van der Waals surface area contributed by atoms with Gasteiger partial charge in [-0.05, 0) is 49.9 Å². The van der Waals surface area contributed by atoms with Gasteiger partial charge in [-0.2, -0.15) is 0 Å². The second-order valence-corrected chi connectivity index (χ2v) is 7.50. The first kappa shape index (κ1) is 17.2. The fraction of sp³-hybridized carbons (Fsp3) is 0.476. The van der Waals surface area contributed by atoms with E-state index in [4.69, 9.17) is 4.74 Å². The minimum Gasteiger partial charge on any atom is -0.381 e. The van der Waals surface area contributed by atoms with E-state index in [-0.39, 0.29) is 17.7 Å². The van der Waals surface area contributed by atoms with Gasteiger partial charge >= 0.3 is 0 Å². The van der Waals surface area contributed by atoms with E-state index >= 15 is 0 Å². The predicted octanol–water partition coefficient (Wildman–Crippen LogP) is 3.07. The van der Waals surface area contributed by atoms with E-state index in [9.17, 15) is 4.79 Å². The van der Waals surface area contributed by atoms with Gasteiger partial charge in [-0.15, -0.1) is 0 Å². The average Bonchev–Trinajstić information content (AvgIpc) is 3.39. The lowest BCUT2D eigenvalue weighted by Gasteiger charge is -2.17. The van der Waals surface area contributed by atoms with Crippen molar-refractivity contribution in [2.75, 3.05) is 26.3 Å². The fourth-order valence-corrected chi connectivity index (χ4v) is 3.67. The van der Waals surface area contributed by atoms with Gasteiger partial charge in [-0.25, -0.2) is 0 Å². The van der Waals surface area contributed by atoms with Gasteiger partial charge in [0, 0.05) is 60.9 Å². The van der Waals surface area contributed by atoms with Crippen molar-refractivity contribution in [3.05, 3.63) is 59.7 Å². The first-order valence-electron chi connectivity index (χ1n) is 9.41. The van der Waals surface area contributed by atoms with Crippen molar-refractivity contribution in [3.63, 3.8) is 0 Å². The molecule has 2 aromatic rings. The van der Waals surface area contributed by atoms with Crippen LogP contribution in [0.2, 0.25) is 0 Å². The quantitative estimate of drug-likeness (QED) is 0.803. The average molecular weight is 351 g/mol. The summed E-state index contributed by atoms with van der Waals surface area (Å²) in [5.74, 6) is 1.33. The molecule has 4 rings (SSSR count). The molecular weight excluding hydrogens is 326 g/mol. The monoisotopic (exact) mass is 351 g/mol. The highest BCUT2D eigenvalue weighted by molar-refractivity contribution is 5.94. The highest BCUT2D eigenvalue weighted by Crippen LogP contribution is 2.34. The topological polar surface area (TPSA) is 55.3 Å². The van der Waals surface area contributed by atoms with Crippen molar-refractivity contribution in [1.29, 1.82) is 0 Å². The standard InChI is InChI=1S/C21H25N3O2/c1-15-10-17(7-9-22-15)21(25)24-11-18(14-26-13-16-5-6-16)19(12-24)20-4-2-3-8-23-20/h2-4,7-10,16,18-19H,5-6,11-14H2,1H3/t18-,19+/m0/s1. The Labute approximate surface area is 154 Å².